The van der Waals surface area contributed by atoms with E-state index in [0.717, 1.165) is 35.2 Å². The number of nitrogens with zero attached hydrogens (tertiary/aromatic N) is 2. The average Bonchev–Trinajstić information content (AvgIpc) is 3.18. The van der Waals surface area contributed by atoms with Gasteiger partial charge in [-0.2, -0.15) is 0 Å². The first-order valence-corrected chi connectivity index (χ1v) is 9.10. The van der Waals surface area contributed by atoms with E-state index in [1.165, 1.54) is 12.8 Å². The van der Waals surface area contributed by atoms with Crippen molar-refractivity contribution in [2.75, 3.05) is 23.3 Å². The molecule has 0 bridgehead atoms. The van der Waals surface area contributed by atoms with E-state index in [-0.39, 0.29) is 5.91 Å². The van der Waals surface area contributed by atoms with Gasteiger partial charge in [0.2, 0.25) is 5.91 Å². The third kappa shape index (κ3) is 4.10. The molecule has 1 aliphatic rings. The van der Waals surface area contributed by atoms with E-state index in [1.807, 2.05) is 38.1 Å². The molecule has 122 valence electrons. The molecule has 2 heterocycles. The first-order chi connectivity index (χ1) is 11.1. The van der Waals surface area contributed by atoms with Crippen LogP contribution >= 0.6 is 11.3 Å². The summed E-state index contributed by atoms with van der Waals surface area (Å²) in [6, 6.07) is 7.94. The number of nitrogens with one attached hydrogen (secondary N) is 1. The molecule has 0 radical (unpaired) electrons. The molecule has 4 nitrogen and oxygen atoms in total. The van der Waals surface area contributed by atoms with Gasteiger partial charge in [-0.1, -0.05) is 26.0 Å². The fourth-order valence-electron chi connectivity index (χ4n) is 2.76. The molecule has 0 atom stereocenters. The van der Waals surface area contributed by atoms with E-state index in [0.29, 0.717) is 12.3 Å². The lowest BCUT2D eigenvalue weighted by Gasteiger charge is -2.12. The number of anilines is 2. The predicted molar refractivity (Wildman–Crippen MR) is 97.1 cm³/mol. The summed E-state index contributed by atoms with van der Waals surface area (Å²) in [7, 11) is 0. The van der Waals surface area contributed by atoms with Crippen LogP contribution in [0.1, 0.15) is 33.1 Å². The molecule has 1 fully saturated rings. The molecule has 1 aromatic heterocycles. The summed E-state index contributed by atoms with van der Waals surface area (Å²) in [6.07, 6.45) is 3.08. The maximum atomic E-state index is 11.8. The van der Waals surface area contributed by atoms with Gasteiger partial charge in [0.05, 0.1) is 5.69 Å². The number of thiazole rings is 1. The Morgan fingerprint density at radius 3 is 2.61 bits per heavy atom. The summed E-state index contributed by atoms with van der Waals surface area (Å²) in [5.74, 6) is 0.436. The Bertz CT molecular complexity index is 657. The molecule has 1 amide bonds. The van der Waals surface area contributed by atoms with Crippen LogP contribution in [0, 0.1) is 5.92 Å². The molecular weight excluding hydrogens is 306 g/mol. The zero-order valence-electron chi connectivity index (χ0n) is 13.7. The number of benzene rings is 1. The van der Waals surface area contributed by atoms with Gasteiger partial charge in [0.15, 0.2) is 5.13 Å². The number of hydrogen-bond acceptors (Lipinski definition) is 4. The van der Waals surface area contributed by atoms with Crippen LogP contribution in [0.4, 0.5) is 10.8 Å². The molecule has 1 saturated heterocycles. The largest absolute Gasteiger partial charge is 0.348 e. The first kappa shape index (κ1) is 16.0. The zero-order chi connectivity index (χ0) is 16.2. The highest BCUT2D eigenvalue weighted by molar-refractivity contribution is 7.14. The van der Waals surface area contributed by atoms with Crippen LogP contribution in [0.15, 0.2) is 29.6 Å². The van der Waals surface area contributed by atoms with Crippen molar-refractivity contribution in [1.82, 2.24) is 4.98 Å². The number of carbonyl (C=O) groups excluding carboxylic acids is 1. The fraction of sp³-hybridized carbons (Fsp3) is 0.444. The summed E-state index contributed by atoms with van der Waals surface area (Å²) >= 11 is 1.71. The van der Waals surface area contributed by atoms with Crippen LogP contribution in [0.5, 0.6) is 0 Å². The van der Waals surface area contributed by atoms with Gasteiger partial charge in [-0.3, -0.25) is 4.79 Å². The van der Waals surface area contributed by atoms with E-state index < -0.39 is 0 Å². The molecule has 0 aliphatic carbocycles. The average molecular weight is 329 g/mol. The third-order valence-corrected chi connectivity index (χ3v) is 4.83. The molecule has 23 heavy (non-hydrogen) atoms. The summed E-state index contributed by atoms with van der Waals surface area (Å²) in [5, 5.41) is 6.17. The fourth-order valence-corrected chi connectivity index (χ4v) is 3.65. The Hall–Kier alpha value is -1.88. The van der Waals surface area contributed by atoms with E-state index in [1.54, 1.807) is 11.3 Å². The molecule has 0 saturated carbocycles. The van der Waals surface area contributed by atoms with Crippen molar-refractivity contribution < 1.29 is 4.79 Å². The maximum Gasteiger partial charge on any atom is 0.224 e. The molecule has 3 rings (SSSR count). The normalized spacial score (nSPS) is 14.5. The van der Waals surface area contributed by atoms with Crippen molar-refractivity contribution in [1.29, 1.82) is 0 Å². The zero-order valence-corrected chi connectivity index (χ0v) is 14.5. The van der Waals surface area contributed by atoms with Crippen molar-refractivity contribution in [3.63, 3.8) is 0 Å². The van der Waals surface area contributed by atoms with Crippen LogP contribution < -0.4 is 10.2 Å². The summed E-state index contributed by atoms with van der Waals surface area (Å²) in [5.41, 5.74) is 2.94. The minimum absolute atomic E-state index is 0.0673. The Kier molecular flexibility index (Phi) is 4.96. The summed E-state index contributed by atoms with van der Waals surface area (Å²) in [4.78, 5) is 18.9. The van der Waals surface area contributed by atoms with Gasteiger partial charge in [0.25, 0.3) is 0 Å². The number of amides is 1. The van der Waals surface area contributed by atoms with Gasteiger partial charge in [0.1, 0.15) is 0 Å². The maximum absolute atomic E-state index is 11.8. The highest BCUT2D eigenvalue weighted by Crippen LogP contribution is 2.30. The van der Waals surface area contributed by atoms with Crippen LogP contribution in [-0.4, -0.2) is 24.0 Å². The quantitative estimate of drug-likeness (QED) is 0.884. The van der Waals surface area contributed by atoms with E-state index >= 15 is 0 Å². The second-order valence-electron chi connectivity index (χ2n) is 6.43. The monoisotopic (exact) mass is 329 g/mol. The molecule has 5 heteroatoms. The predicted octanol–water partition coefficient (Wildman–Crippen LogP) is 4.39. The first-order valence-electron chi connectivity index (χ1n) is 8.22. The Labute approximate surface area is 141 Å². The van der Waals surface area contributed by atoms with Gasteiger partial charge in [-0.15, -0.1) is 11.3 Å². The van der Waals surface area contributed by atoms with Crippen LogP contribution in [0.3, 0.4) is 0 Å². The van der Waals surface area contributed by atoms with E-state index in [9.17, 15) is 4.79 Å². The van der Waals surface area contributed by atoms with Crippen LogP contribution in [0.2, 0.25) is 0 Å². The molecule has 1 aromatic carbocycles. The lowest BCUT2D eigenvalue weighted by molar-refractivity contribution is -0.116. The number of carbonyl (C=O) groups is 1. The van der Waals surface area contributed by atoms with Crippen molar-refractivity contribution in [3.05, 3.63) is 29.6 Å². The number of rotatable bonds is 5. The van der Waals surface area contributed by atoms with Gasteiger partial charge < -0.3 is 10.2 Å². The van der Waals surface area contributed by atoms with Crippen molar-refractivity contribution >= 4 is 28.1 Å². The topological polar surface area (TPSA) is 45.2 Å². The molecular formula is C18H23N3OS. The molecule has 0 unspecified atom stereocenters. The minimum Gasteiger partial charge on any atom is -0.348 e. The van der Waals surface area contributed by atoms with Gasteiger partial charge in [-0.25, -0.2) is 4.98 Å². The second kappa shape index (κ2) is 7.13. The van der Waals surface area contributed by atoms with Crippen molar-refractivity contribution in [3.8, 4) is 11.3 Å². The highest BCUT2D eigenvalue weighted by Gasteiger charge is 2.16. The van der Waals surface area contributed by atoms with Crippen molar-refractivity contribution in [2.24, 2.45) is 5.92 Å². The Morgan fingerprint density at radius 1 is 1.26 bits per heavy atom. The lowest BCUT2D eigenvalue weighted by Crippen LogP contribution is -2.17. The van der Waals surface area contributed by atoms with Gasteiger partial charge in [-0.05, 0) is 30.9 Å². The lowest BCUT2D eigenvalue weighted by atomic mass is 10.1. The standard InChI is InChI=1S/C18H23N3OS/c1-13(2)11-17(22)19-15-7-5-14(6-8-15)16-12-23-18(20-16)21-9-3-4-10-21/h5-8,12-13H,3-4,9-11H2,1-2H3,(H,19,22). The van der Waals surface area contributed by atoms with Gasteiger partial charge >= 0.3 is 0 Å². The smallest absolute Gasteiger partial charge is 0.224 e. The van der Waals surface area contributed by atoms with Gasteiger partial charge in [0, 0.05) is 36.1 Å². The second-order valence-corrected chi connectivity index (χ2v) is 7.27. The number of hydrogen-bond donors (Lipinski definition) is 1. The Balaban J connectivity index is 1.66. The Morgan fingerprint density at radius 2 is 1.96 bits per heavy atom. The molecule has 0 spiro atoms. The molecule has 1 N–H and O–H groups in total. The van der Waals surface area contributed by atoms with Crippen LogP contribution in [0.25, 0.3) is 11.3 Å². The number of aromatic nitrogens is 1. The van der Waals surface area contributed by atoms with E-state index in [4.69, 9.17) is 4.98 Å². The van der Waals surface area contributed by atoms with Crippen molar-refractivity contribution in [2.45, 2.75) is 33.1 Å². The summed E-state index contributed by atoms with van der Waals surface area (Å²) < 4.78 is 0. The highest BCUT2D eigenvalue weighted by atomic mass is 32.1. The minimum atomic E-state index is 0.0673. The molecule has 1 aliphatic heterocycles. The van der Waals surface area contributed by atoms with E-state index in [2.05, 4.69) is 15.6 Å². The van der Waals surface area contributed by atoms with Crippen LogP contribution in [-0.2, 0) is 4.79 Å². The SMILES string of the molecule is CC(C)CC(=O)Nc1ccc(-c2csc(N3CCCC3)n2)cc1. The molecule has 2 aromatic rings. The third-order valence-electron chi connectivity index (χ3n) is 3.93. The summed E-state index contributed by atoms with van der Waals surface area (Å²) in [6.45, 7) is 6.33.